The van der Waals surface area contributed by atoms with Crippen LogP contribution in [0.1, 0.15) is 24.2 Å². The Morgan fingerprint density at radius 3 is 2.89 bits per heavy atom. The lowest BCUT2D eigenvalue weighted by atomic mass is 10.1. The van der Waals surface area contributed by atoms with Crippen molar-refractivity contribution in [2.75, 3.05) is 5.75 Å². The molecule has 0 saturated heterocycles. The maximum Gasteiger partial charge on any atom is 0.185 e. The molecular formula is C11H11ClN2O3S. The van der Waals surface area contributed by atoms with Gasteiger partial charge in [-0.15, -0.1) is 0 Å². The number of carbonyl (C=O) groups is 1. The fourth-order valence-electron chi connectivity index (χ4n) is 1.22. The van der Waals surface area contributed by atoms with Crippen LogP contribution in [0.3, 0.4) is 0 Å². The summed E-state index contributed by atoms with van der Waals surface area (Å²) in [5.41, 5.74) is 0.409. The lowest BCUT2D eigenvalue weighted by Crippen LogP contribution is -2.21. The van der Waals surface area contributed by atoms with E-state index in [-0.39, 0.29) is 27.1 Å². The van der Waals surface area contributed by atoms with Gasteiger partial charge in [-0.25, -0.2) is 4.98 Å². The summed E-state index contributed by atoms with van der Waals surface area (Å²) in [6.07, 6.45) is -1.04. The molecule has 2 unspecified atom stereocenters. The summed E-state index contributed by atoms with van der Waals surface area (Å²) in [7, 11) is 0. The molecule has 7 heteroatoms. The summed E-state index contributed by atoms with van der Waals surface area (Å²) >= 11 is 6.57. The molecule has 0 aliphatic carbocycles. The van der Waals surface area contributed by atoms with Crippen LogP contribution in [0.15, 0.2) is 12.3 Å². The molecule has 0 saturated carbocycles. The van der Waals surface area contributed by atoms with E-state index in [9.17, 15) is 15.0 Å². The topological polar surface area (TPSA) is 94.2 Å². The lowest BCUT2D eigenvalue weighted by Gasteiger charge is -2.17. The van der Waals surface area contributed by atoms with Crippen LogP contribution >= 0.6 is 23.4 Å². The van der Waals surface area contributed by atoms with Gasteiger partial charge >= 0.3 is 0 Å². The van der Waals surface area contributed by atoms with Crippen LogP contribution in [-0.4, -0.2) is 32.2 Å². The second kappa shape index (κ2) is 6.71. The van der Waals surface area contributed by atoms with Gasteiger partial charge in [0.1, 0.15) is 17.3 Å². The summed E-state index contributed by atoms with van der Waals surface area (Å²) in [4.78, 5) is 14.5. The Kier molecular flexibility index (Phi) is 5.56. The Hall–Kier alpha value is -1.13. The molecule has 1 rings (SSSR count). The number of hydrogen-bond acceptors (Lipinski definition) is 6. The van der Waals surface area contributed by atoms with Crippen molar-refractivity contribution in [1.82, 2.24) is 4.98 Å². The molecule has 96 valence electrons. The van der Waals surface area contributed by atoms with Crippen LogP contribution in [0.4, 0.5) is 0 Å². The molecule has 0 aliphatic heterocycles. The minimum Gasteiger partial charge on any atom is -0.389 e. The van der Waals surface area contributed by atoms with Gasteiger partial charge in [-0.2, -0.15) is 5.26 Å². The standard InChI is InChI=1S/C11H11ClN2O3S/c1-6(15)18-5-9(16)10(17)8-2-7(3-13)11(12)14-4-8/h2,4,9-10,16-17H,5H2,1H3. The van der Waals surface area contributed by atoms with E-state index < -0.39 is 12.2 Å². The molecule has 1 heterocycles. The van der Waals surface area contributed by atoms with Gasteiger partial charge in [0.15, 0.2) is 5.12 Å². The normalized spacial score (nSPS) is 13.7. The Morgan fingerprint density at radius 1 is 1.67 bits per heavy atom. The van der Waals surface area contributed by atoms with Crippen LogP contribution < -0.4 is 0 Å². The number of nitrogens with zero attached hydrogens (tertiary/aromatic N) is 2. The molecule has 0 radical (unpaired) electrons. The van der Waals surface area contributed by atoms with E-state index in [1.54, 1.807) is 0 Å². The molecule has 0 amide bonds. The number of hydrogen-bond donors (Lipinski definition) is 2. The second-order valence-electron chi connectivity index (χ2n) is 3.53. The summed E-state index contributed by atoms with van der Waals surface area (Å²) < 4.78 is 0. The maximum absolute atomic E-state index is 10.7. The van der Waals surface area contributed by atoms with Crippen LogP contribution in [0.5, 0.6) is 0 Å². The molecule has 0 aliphatic rings. The predicted octanol–water partition coefficient (Wildman–Crippen LogP) is 1.28. The minimum absolute atomic E-state index is 0.0426. The molecule has 1 aromatic rings. The Labute approximate surface area is 113 Å². The summed E-state index contributed by atoms with van der Waals surface area (Å²) in [5.74, 6) is 0.0704. The van der Waals surface area contributed by atoms with E-state index in [1.165, 1.54) is 19.2 Å². The largest absolute Gasteiger partial charge is 0.389 e. The maximum atomic E-state index is 10.7. The quantitative estimate of drug-likeness (QED) is 0.810. The van der Waals surface area contributed by atoms with Crippen molar-refractivity contribution in [3.05, 3.63) is 28.5 Å². The van der Waals surface area contributed by atoms with Crippen molar-refractivity contribution in [2.24, 2.45) is 0 Å². The lowest BCUT2D eigenvalue weighted by molar-refractivity contribution is -0.109. The minimum atomic E-state index is -1.21. The molecule has 2 atom stereocenters. The molecule has 0 fully saturated rings. The number of halogens is 1. The third-order valence-corrected chi connectivity index (χ3v) is 3.36. The monoisotopic (exact) mass is 286 g/mol. The molecule has 5 nitrogen and oxygen atoms in total. The second-order valence-corrected chi connectivity index (χ2v) is 5.09. The zero-order valence-electron chi connectivity index (χ0n) is 9.50. The highest BCUT2D eigenvalue weighted by molar-refractivity contribution is 8.13. The average molecular weight is 287 g/mol. The molecule has 0 aromatic carbocycles. The van der Waals surface area contributed by atoms with Gasteiger partial charge in [0.2, 0.25) is 0 Å². The zero-order chi connectivity index (χ0) is 13.7. The SMILES string of the molecule is CC(=O)SCC(O)C(O)c1cnc(Cl)c(C#N)c1. The Bertz CT molecular complexity index is 490. The number of aliphatic hydroxyl groups excluding tert-OH is 2. The van der Waals surface area contributed by atoms with Crippen molar-refractivity contribution in [3.63, 3.8) is 0 Å². The average Bonchev–Trinajstić information content (AvgIpc) is 2.35. The first-order valence-corrected chi connectivity index (χ1v) is 6.37. The fraction of sp³-hybridized carbons (Fsp3) is 0.364. The highest BCUT2D eigenvalue weighted by Gasteiger charge is 2.20. The molecular weight excluding hydrogens is 276 g/mol. The zero-order valence-corrected chi connectivity index (χ0v) is 11.1. The van der Waals surface area contributed by atoms with Gasteiger partial charge < -0.3 is 10.2 Å². The van der Waals surface area contributed by atoms with Crippen molar-refractivity contribution >= 4 is 28.5 Å². The van der Waals surface area contributed by atoms with E-state index in [1.807, 2.05) is 6.07 Å². The summed E-state index contributed by atoms with van der Waals surface area (Å²) in [6.45, 7) is 1.38. The molecule has 2 N–H and O–H groups in total. The number of nitriles is 1. The van der Waals surface area contributed by atoms with Gasteiger partial charge in [0, 0.05) is 24.4 Å². The van der Waals surface area contributed by atoms with Gasteiger partial charge in [-0.3, -0.25) is 4.79 Å². The van der Waals surface area contributed by atoms with Crippen LogP contribution in [0, 0.1) is 11.3 Å². The number of thioether (sulfide) groups is 1. The fourth-order valence-corrected chi connectivity index (χ4v) is 1.95. The van der Waals surface area contributed by atoms with Gasteiger partial charge in [0.05, 0.1) is 11.7 Å². The number of rotatable bonds is 4. The van der Waals surface area contributed by atoms with E-state index in [2.05, 4.69) is 4.98 Å². The Balaban J connectivity index is 2.80. The number of pyridine rings is 1. The van der Waals surface area contributed by atoms with Gasteiger partial charge in [0.25, 0.3) is 0 Å². The van der Waals surface area contributed by atoms with E-state index in [0.29, 0.717) is 0 Å². The third kappa shape index (κ3) is 3.96. The van der Waals surface area contributed by atoms with Crippen LogP contribution in [0.2, 0.25) is 5.15 Å². The van der Waals surface area contributed by atoms with Crippen molar-refractivity contribution < 1.29 is 15.0 Å². The molecule has 0 bridgehead atoms. The smallest absolute Gasteiger partial charge is 0.185 e. The van der Waals surface area contributed by atoms with Crippen molar-refractivity contribution in [1.29, 1.82) is 5.26 Å². The van der Waals surface area contributed by atoms with E-state index in [0.717, 1.165) is 11.8 Å². The van der Waals surface area contributed by atoms with Crippen molar-refractivity contribution in [3.8, 4) is 6.07 Å². The summed E-state index contributed by atoms with van der Waals surface area (Å²) in [5, 5.41) is 28.2. The van der Waals surface area contributed by atoms with E-state index in [4.69, 9.17) is 16.9 Å². The first kappa shape index (κ1) is 14.9. The summed E-state index contributed by atoms with van der Waals surface area (Å²) in [6, 6.07) is 3.20. The van der Waals surface area contributed by atoms with Crippen LogP contribution in [0.25, 0.3) is 0 Å². The molecule has 1 aromatic heterocycles. The molecule has 0 spiro atoms. The van der Waals surface area contributed by atoms with Gasteiger partial charge in [-0.05, 0) is 6.07 Å². The Morgan fingerprint density at radius 2 is 2.33 bits per heavy atom. The predicted molar refractivity (Wildman–Crippen MR) is 68.1 cm³/mol. The first-order valence-electron chi connectivity index (χ1n) is 5.00. The molecule has 18 heavy (non-hydrogen) atoms. The number of aromatic nitrogens is 1. The first-order chi connectivity index (χ1) is 8.45. The van der Waals surface area contributed by atoms with Crippen molar-refractivity contribution in [2.45, 2.75) is 19.1 Å². The van der Waals surface area contributed by atoms with Gasteiger partial charge in [-0.1, -0.05) is 23.4 Å². The van der Waals surface area contributed by atoms with E-state index >= 15 is 0 Å². The number of carbonyl (C=O) groups excluding carboxylic acids is 1. The highest BCUT2D eigenvalue weighted by atomic mass is 35.5. The third-order valence-electron chi connectivity index (χ3n) is 2.14. The highest BCUT2D eigenvalue weighted by Crippen LogP contribution is 2.22. The van der Waals surface area contributed by atoms with Crippen LogP contribution in [-0.2, 0) is 4.79 Å². The number of aliphatic hydroxyl groups is 2.